The second-order valence-electron chi connectivity index (χ2n) is 6.80. The predicted octanol–water partition coefficient (Wildman–Crippen LogP) is 3.85. The van der Waals surface area contributed by atoms with Gasteiger partial charge in [0.15, 0.2) is 0 Å². The number of fused-ring (bicyclic) bond motifs is 1. The Morgan fingerprint density at radius 2 is 1.89 bits per heavy atom. The summed E-state index contributed by atoms with van der Waals surface area (Å²) in [6.07, 6.45) is 0. The van der Waals surface area contributed by atoms with Gasteiger partial charge in [0.05, 0.1) is 34.0 Å². The number of aromatic nitrogens is 1. The maximum absolute atomic E-state index is 13.1. The minimum atomic E-state index is -0.424. The number of nitrogens with zero attached hydrogens (tertiary/aromatic N) is 3. The largest absolute Gasteiger partial charge is 0.324 e. The molecule has 5 nitrogen and oxygen atoms in total. The van der Waals surface area contributed by atoms with E-state index >= 15 is 0 Å². The molecule has 0 unspecified atom stereocenters. The lowest BCUT2D eigenvalue weighted by molar-refractivity contribution is -0.117. The third-order valence-corrected chi connectivity index (χ3v) is 6.07. The second kappa shape index (κ2) is 8.53. The number of anilines is 1. The number of carbonyl (C=O) groups is 1. The maximum atomic E-state index is 13.1. The van der Waals surface area contributed by atoms with Gasteiger partial charge in [-0.1, -0.05) is 23.7 Å². The van der Waals surface area contributed by atoms with Gasteiger partial charge < -0.3 is 5.32 Å². The Kier molecular flexibility index (Phi) is 5.87. The number of hydrogen-bond donors (Lipinski definition) is 1. The first-order chi connectivity index (χ1) is 13.6. The molecule has 1 saturated heterocycles. The van der Waals surface area contributed by atoms with E-state index < -0.39 is 5.82 Å². The fraction of sp³-hybridized carbons (Fsp3) is 0.300. The van der Waals surface area contributed by atoms with E-state index in [4.69, 9.17) is 16.6 Å². The minimum Gasteiger partial charge on any atom is -0.324 e. The number of amides is 1. The van der Waals surface area contributed by atoms with Crippen LogP contribution in [0.2, 0.25) is 5.02 Å². The Morgan fingerprint density at radius 1 is 1.14 bits per heavy atom. The van der Waals surface area contributed by atoms with E-state index in [1.807, 2.05) is 18.2 Å². The van der Waals surface area contributed by atoms with E-state index in [1.54, 1.807) is 11.3 Å². The molecule has 0 spiro atoms. The van der Waals surface area contributed by atoms with Crippen molar-refractivity contribution in [2.24, 2.45) is 0 Å². The standard InChI is InChI=1S/C20H20ClFN4OS/c21-15-11-14(22)5-6-16(15)23-19(27)12-25-7-9-26(10-8-25)13-20-24-17-3-1-2-4-18(17)28-20/h1-6,11H,7-10,12-13H2,(H,23,27). The first kappa shape index (κ1) is 19.3. The Hall–Kier alpha value is -2.06. The van der Waals surface area contributed by atoms with E-state index in [-0.39, 0.29) is 10.9 Å². The summed E-state index contributed by atoms with van der Waals surface area (Å²) in [6, 6.07) is 12.1. The molecule has 3 aromatic rings. The Morgan fingerprint density at radius 3 is 2.64 bits per heavy atom. The summed E-state index contributed by atoms with van der Waals surface area (Å²) in [7, 11) is 0. The minimum absolute atomic E-state index is 0.145. The summed E-state index contributed by atoms with van der Waals surface area (Å²) in [6.45, 7) is 4.54. The highest BCUT2D eigenvalue weighted by atomic mass is 35.5. The Balaban J connectivity index is 1.26. The van der Waals surface area contributed by atoms with Crippen LogP contribution in [0.4, 0.5) is 10.1 Å². The van der Waals surface area contributed by atoms with Crippen molar-refractivity contribution in [1.29, 1.82) is 0 Å². The molecule has 1 fully saturated rings. The van der Waals surface area contributed by atoms with Crippen LogP contribution >= 0.6 is 22.9 Å². The number of benzene rings is 2. The lowest BCUT2D eigenvalue weighted by Crippen LogP contribution is -2.48. The van der Waals surface area contributed by atoms with Crippen molar-refractivity contribution in [3.05, 3.63) is 58.3 Å². The van der Waals surface area contributed by atoms with Crippen LogP contribution in [0.3, 0.4) is 0 Å². The van der Waals surface area contributed by atoms with Gasteiger partial charge in [-0.05, 0) is 30.3 Å². The fourth-order valence-electron chi connectivity index (χ4n) is 3.27. The molecule has 2 heterocycles. The number of rotatable bonds is 5. The third-order valence-electron chi connectivity index (χ3n) is 4.73. The third kappa shape index (κ3) is 4.67. The molecule has 1 N–H and O–H groups in total. The van der Waals surface area contributed by atoms with Gasteiger partial charge in [0.2, 0.25) is 5.91 Å². The highest BCUT2D eigenvalue weighted by Crippen LogP contribution is 2.24. The van der Waals surface area contributed by atoms with E-state index in [9.17, 15) is 9.18 Å². The smallest absolute Gasteiger partial charge is 0.238 e. The van der Waals surface area contributed by atoms with Crippen molar-refractivity contribution in [3.63, 3.8) is 0 Å². The van der Waals surface area contributed by atoms with Gasteiger partial charge in [-0.25, -0.2) is 9.37 Å². The predicted molar refractivity (Wildman–Crippen MR) is 111 cm³/mol. The van der Waals surface area contributed by atoms with Crippen molar-refractivity contribution < 1.29 is 9.18 Å². The first-order valence-electron chi connectivity index (χ1n) is 9.11. The van der Waals surface area contributed by atoms with Crippen LogP contribution in [0.25, 0.3) is 10.2 Å². The average Bonchev–Trinajstić information content (AvgIpc) is 3.08. The van der Waals surface area contributed by atoms with Crippen LogP contribution in [0.15, 0.2) is 42.5 Å². The summed E-state index contributed by atoms with van der Waals surface area (Å²) in [5, 5.41) is 4.08. The maximum Gasteiger partial charge on any atom is 0.238 e. The van der Waals surface area contributed by atoms with Gasteiger partial charge in [0.25, 0.3) is 0 Å². The van der Waals surface area contributed by atoms with E-state index in [0.29, 0.717) is 12.2 Å². The van der Waals surface area contributed by atoms with Gasteiger partial charge in [0.1, 0.15) is 10.8 Å². The summed E-state index contributed by atoms with van der Waals surface area (Å²) in [5.41, 5.74) is 1.49. The molecule has 146 valence electrons. The van der Waals surface area contributed by atoms with Gasteiger partial charge >= 0.3 is 0 Å². The first-order valence-corrected chi connectivity index (χ1v) is 10.3. The molecule has 1 amide bonds. The highest BCUT2D eigenvalue weighted by molar-refractivity contribution is 7.18. The van der Waals surface area contributed by atoms with Gasteiger partial charge in [-0.2, -0.15) is 0 Å². The summed E-state index contributed by atoms with van der Waals surface area (Å²) in [4.78, 5) is 21.4. The van der Waals surface area contributed by atoms with Gasteiger partial charge in [-0.3, -0.25) is 14.6 Å². The van der Waals surface area contributed by atoms with Crippen LogP contribution in [-0.2, 0) is 11.3 Å². The van der Waals surface area contributed by atoms with Crippen molar-refractivity contribution in [1.82, 2.24) is 14.8 Å². The number of hydrogen-bond acceptors (Lipinski definition) is 5. The molecule has 0 aliphatic carbocycles. The molecule has 8 heteroatoms. The van der Waals surface area contributed by atoms with Gasteiger partial charge in [0, 0.05) is 26.2 Å². The van der Waals surface area contributed by atoms with Crippen LogP contribution in [0.1, 0.15) is 5.01 Å². The zero-order chi connectivity index (χ0) is 19.5. The average molecular weight is 419 g/mol. The molecule has 0 atom stereocenters. The van der Waals surface area contributed by atoms with Crippen LogP contribution in [-0.4, -0.2) is 53.4 Å². The SMILES string of the molecule is O=C(CN1CCN(Cc2nc3ccccc3s2)CC1)Nc1ccc(F)cc1Cl. The van der Waals surface area contributed by atoms with Crippen molar-refractivity contribution >= 4 is 44.7 Å². The number of para-hydroxylation sites is 1. The summed E-state index contributed by atoms with van der Waals surface area (Å²) in [5.74, 6) is -0.569. The molecule has 0 bridgehead atoms. The molecule has 0 saturated carbocycles. The van der Waals surface area contributed by atoms with Crippen molar-refractivity contribution in [3.8, 4) is 0 Å². The lowest BCUT2D eigenvalue weighted by Gasteiger charge is -2.33. The molecule has 0 radical (unpaired) electrons. The zero-order valence-electron chi connectivity index (χ0n) is 15.2. The molecule has 28 heavy (non-hydrogen) atoms. The van der Waals surface area contributed by atoms with E-state index in [2.05, 4.69) is 21.2 Å². The van der Waals surface area contributed by atoms with Crippen LogP contribution in [0.5, 0.6) is 0 Å². The fourth-order valence-corrected chi connectivity index (χ4v) is 4.49. The molecule has 4 rings (SSSR count). The Bertz CT molecular complexity index is 954. The normalized spacial score (nSPS) is 15.8. The highest BCUT2D eigenvalue weighted by Gasteiger charge is 2.20. The molecular formula is C20H20ClFN4OS. The number of carbonyl (C=O) groups excluding carboxylic acids is 1. The molecule has 1 aliphatic heterocycles. The lowest BCUT2D eigenvalue weighted by atomic mass is 10.3. The van der Waals surface area contributed by atoms with E-state index in [1.165, 1.54) is 22.9 Å². The summed E-state index contributed by atoms with van der Waals surface area (Å²) >= 11 is 7.70. The topological polar surface area (TPSA) is 48.5 Å². The van der Waals surface area contributed by atoms with Crippen LogP contribution < -0.4 is 5.32 Å². The Labute approximate surface area is 171 Å². The number of halogens is 2. The zero-order valence-corrected chi connectivity index (χ0v) is 16.8. The number of nitrogens with one attached hydrogen (secondary N) is 1. The van der Waals surface area contributed by atoms with Crippen molar-refractivity contribution in [2.75, 3.05) is 38.0 Å². The number of thiazole rings is 1. The molecule has 1 aromatic heterocycles. The quantitative estimate of drug-likeness (QED) is 0.683. The van der Waals surface area contributed by atoms with Crippen molar-refractivity contribution in [2.45, 2.75) is 6.54 Å². The summed E-state index contributed by atoms with van der Waals surface area (Å²) < 4.78 is 14.3. The second-order valence-corrected chi connectivity index (χ2v) is 8.32. The number of piperazine rings is 1. The molecular weight excluding hydrogens is 399 g/mol. The molecule has 1 aliphatic rings. The van der Waals surface area contributed by atoms with Crippen LogP contribution in [0, 0.1) is 5.82 Å². The van der Waals surface area contributed by atoms with Gasteiger partial charge in [-0.15, -0.1) is 11.3 Å². The molecule has 2 aromatic carbocycles. The van der Waals surface area contributed by atoms with E-state index in [0.717, 1.165) is 43.2 Å². The monoisotopic (exact) mass is 418 g/mol.